The van der Waals surface area contributed by atoms with Gasteiger partial charge in [-0.25, -0.2) is 0 Å². The molecule has 0 saturated carbocycles. The molecular formula is C15H16BrF3N2O2S. The maximum Gasteiger partial charge on any atom is 0.471 e. The summed E-state index contributed by atoms with van der Waals surface area (Å²) in [5.74, 6) is -1.31. The normalized spacial score (nSPS) is 14.7. The van der Waals surface area contributed by atoms with Gasteiger partial charge in [0.2, 0.25) is 0 Å². The first-order valence-corrected chi connectivity index (χ1v) is 8.37. The van der Waals surface area contributed by atoms with Gasteiger partial charge in [-0.3, -0.25) is 4.79 Å². The molecule has 1 aliphatic heterocycles. The van der Waals surface area contributed by atoms with Gasteiger partial charge in [0.05, 0.1) is 4.47 Å². The minimum atomic E-state index is -4.86. The molecule has 132 valence electrons. The molecule has 0 atom stereocenters. The maximum atomic E-state index is 12.7. The zero-order valence-corrected chi connectivity index (χ0v) is 15.5. The summed E-state index contributed by atoms with van der Waals surface area (Å²) in [4.78, 5) is 13.9. The summed E-state index contributed by atoms with van der Waals surface area (Å²) < 4.78 is 44.3. The highest BCUT2D eigenvalue weighted by Gasteiger charge is 2.42. The summed E-state index contributed by atoms with van der Waals surface area (Å²) in [6.07, 6.45) is -4.26. The van der Waals surface area contributed by atoms with Gasteiger partial charge in [0, 0.05) is 32.7 Å². The molecule has 0 bridgehead atoms. The van der Waals surface area contributed by atoms with E-state index in [1.54, 1.807) is 25.1 Å². The van der Waals surface area contributed by atoms with Crippen molar-refractivity contribution in [3.05, 3.63) is 27.7 Å². The van der Waals surface area contributed by atoms with Gasteiger partial charge in [-0.2, -0.15) is 13.2 Å². The number of benzene rings is 1. The van der Waals surface area contributed by atoms with Crippen LogP contribution in [0, 0.1) is 0 Å². The molecule has 9 heteroatoms. The number of rotatable bonds is 1. The quantitative estimate of drug-likeness (QED) is 0.648. The molecule has 2 rings (SSSR count). The van der Waals surface area contributed by atoms with Crippen LogP contribution in [0.5, 0.6) is 5.75 Å². The molecule has 0 radical (unpaired) electrons. The topological polar surface area (TPSA) is 32.8 Å². The van der Waals surface area contributed by atoms with Gasteiger partial charge < -0.3 is 14.5 Å². The monoisotopic (exact) mass is 424 g/mol. The number of alkyl halides is 3. The Hall–Kier alpha value is -1.35. The third kappa shape index (κ3) is 4.18. The highest BCUT2D eigenvalue weighted by Crippen LogP contribution is 2.34. The van der Waals surface area contributed by atoms with Crippen LogP contribution in [0.15, 0.2) is 16.6 Å². The van der Waals surface area contributed by atoms with Crippen LogP contribution in [-0.2, 0) is 17.6 Å². The number of amides is 1. The van der Waals surface area contributed by atoms with Crippen LogP contribution in [-0.4, -0.2) is 54.2 Å². The van der Waals surface area contributed by atoms with E-state index in [4.69, 9.17) is 17.0 Å². The Morgan fingerprint density at radius 2 is 1.92 bits per heavy atom. The van der Waals surface area contributed by atoms with Crippen molar-refractivity contribution < 1.29 is 22.7 Å². The van der Waals surface area contributed by atoms with E-state index in [0.29, 0.717) is 16.6 Å². The van der Waals surface area contributed by atoms with E-state index in [-0.39, 0.29) is 24.7 Å². The lowest BCUT2D eigenvalue weighted by molar-refractivity contribution is -0.185. The van der Waals surface area contributed by atoms with Crippen molar-refractivity contribution in [1.82, 2.24) is 9.80 Å². The Bertz CT molecular complexity index is 665. The van der Waals surface area contributed by atoms with Crippen LogP contribution in [0.25, 0.3) is 0 Å². The fourth-order valence-corrected chi connectivity index (χ4v) is 2.97. The summed E-state index contributed by atoms with van der Waals surface area (Å²) >= 11 is 8.53. The molecule has 1 heterocycles. The lowest BCUT2D eigenvalue weighted by Gasteiger charge is -2.21. The number of nitrogens with zero attached hydrogens (tertiary/aromatic N) is 2. The highest BCUT2D eigenvalue weighted by molar-refractivity contribution is 9.10. The number of hydrogen-bond acceptors (Lipinski definition) is 3. The van der Waals surface area contributed by atoms with Crippen LogP contribution in [0.1, 0.15) is 11.1 Å². The number of halogens is 4. The van der Waals surface area contributed by atoms with E-state index in [9.17, 15) is 18.0 Å². The van der Waals surface area contributed by atoms with E-state index >= 15 is 0 Å². The van der Waals surface area contributed by atoms with Crippen LogP contribution in [0.4, 0.5) is 13.2 Å². The zero-order chi connectivity index (χ0) is 18.1. The first-order chi connectivity index (χ1) is 11.1. The molecule has 0 aliphatic carbocycles. The number of hydrogen-bond donors (Lipinski definition) is 0. The van der Waals surface area contributed by atoms with E-state index in [0.717, 1.165) is 16.0 Å². The smallest absolute Gasteiger partial charge is 0.430 e. The van der Waals surface area contributed by atoms with Gasteiger partial charge in [0.25, 0.3) is 5.17 Å². The minimum absolute atomic E-state index is 0.0184. The SMILES string of the molecule is CN(C)C(=S)Oc1c(Br)ccc2c1CCN(C(=O)C(F)(F)F)CC2. The molecule has 0 spiro atoms. The third-order valence-corrected chi connectivity index (χ3v) is 4.75. The van der Waals surface area contributed by atoms with Crippen molar-refractivity contribution >= 4 is 39.2 Å². The van der Waals surface area contributed by atoms with Gasteiger partial charge in [-0.15, -0.1) is 0 Å². The lowest BCUT2D eigenvalue weighted by Crippen LogP contribution is -2.42. The summed E-state index contributed by atoms with van der Waals surface area (Å²) in [7, 11) is 3.48. The van der Waals surface area contributed by atoms with Gasteiger partial charge in [0.1, 0.15) is 5.75 Å². The highest BCUT2D eigenvalue weighted by atomic mass is 79.9. The predicted octanol–water partition coefficient (Wildman–Crippen LogP) is 3.16. The second kappa shape index (κ2) is 7.26. The van der Waals surface area contributed by atoms with Crippen molar-refractivity contribution in [3.8, 4) is 5.75 Å². The van der Waals surface area contributed by atoms with Crippen LogP contribution in [0.2, 0.25) is 0 Å². The van der Waals surface area contributed by atoms with Gasteiger partial charge in [-0.05, 0) is 52.6 Å². The number of thiocarbonyl (C=S) groups is 1. The molecule has 24 heavy (non-hydrogen) atoms. The standard InChI is InChI=1S/C15H16BrF3N2O2S/c1-20(2)14(24)23-12-10-6-8-21(13(22)15(17,18)19)7-5-9(10)3-4-11(12)16/h3-4H,5-8H2,1-2H3. The second-order valence-electron chi connectivity index (χ2n) is 5.57. The van der Waals surface area contributed by atoms with Crippen LogP contribution in [0.3, 0.4) is 0 Å². The molecule has 0 saturated heterocycles. The lowest BCUT2D eigenvalue weighted by atomic mass is 10.0. The Kier molecular flexibility index (Phi) is 5.74. The predicted molar refractivity (Wildman–Crippen MR) is 91.1 cm³/mol. The Morgan fingerprint density at radius 1 is 1.29 bits per heavy atom. The Balaban J connectivity index is 2.28. The first-order valence-electron chi connectivity index (χ1n) is 7.16. The average molecular weight is 425 g/mol. The fraction of sp³-hybridized carbons (Fsp3) is 0.467. The van der Waals surface area contributed by atoms with Crippen molar-refractivity contribution in [2.75, 3.05) is 27.2 Å². The van der Waals surface area contributed by atoms with E-state index < -0.39 is 12.1 Å². The Labute approximate surface area is 151 Å². The molecule has 0 fully saturated rings. The van der Waals surface area contributed by atoms with Gasteiger partial charge >= 0.3 is 12.1 Å². The summed E-state index contributed by atoms with van der Waals surface area (Å²) in [6.45, 7) is -0.00255. The number of carbonyl (C=O) groups is 1. The average Bonchev–Trinajstić information content (AvgIpc) is 2.70. The van der Waals surface area contributed by atoms with Gasteiger partial charge in [0.15, 0.2) is 0 Å². The molecule has 1 aromatic rings. The maximum absolute atomic E-state index is 12.7. The first kappa shape index (κ1) is 19.0. The van der Waals surface area contributed by atoms with Crippen molar-refractivity contribution in [2.24, 2.45) is 0 Å². The second-order valence-corrected chi connectivity index (χ2v) is 6.77. The molecule has 1 amide bonds. The number of fused-ring (bicyclic) bond motifs is 1. The molecular weight excluding hydrogens is 409 g/mol. The van der Waals surface area contributed by atoms with Crippen LogP contribution < -0.4 is 4.74 Å². The Morgan fingerprint density at radius 3 is 2.50 bits per heavy atom. The summed E-state index contributed by atoms with van der Waals surface area (Å²) in [5, 5.41) is 0.247. The fourth-order valence-electron chi connectivity index (χ4n) is 2.43. The van der Waals surface area contributed by atoms with E-state index in [1.165, 1.54) is 0 Å². The molecule has 4 nitrogen and oxygen atoms in total. The number of carbonyl (C=O) groups excluding carboxylic acids is 1. The molecule has 1 aromatic carbocycles. The molecule has 0 aromatic heterocycles. The molecule has 0 unspecified atom stereocenters. The third-order valence-electron chi connectivity index (χ3n) is 3.68. The van der Waals surface area contributed by atoms with Crippen molar-refractivity contribution in [2.45, 2.75) is 19.0 Å². The summed E-state index contributed by atoms with van der Waals surface area (Å²) in [6, 6.07) is 3.60. The zero-order valence-electron chi connectivity index (χ0n) is 13.1. The number of ether oxygens (including phenoxy) is 1. The van der Waals surface area contributed by atoms with Crippen molar-refractivity contribution in [3.63, 3.8) is 0 Å². The minimum Gasteiger partial charge on any atom is -0.430 e. The van der Waals surface area contributed by atoms with Crippen molar-refractivity contribution in [1.29, 1.82) is 0 Å². The summed E-state index contributed by atoms with van der Waals surface area (Å²) in [5.41, 5.74) is 1.62. The van der Waals surface area contributed by atoms with E-state index in [1.807, 2.05) is 6.07 Å². The van der Waals surface area contributed by atoms with Gasteiger partial charge in [-0.1, -0.05) is 6.07 Å². The largest absolute Gasteiger partial charge is 0.471 e. The molecule has 1 aliphatic rings. The van der Waals surface area contributed by atoms with Crippen LogP contribution >= 0.6 is 28.1 Å². The molecule has 0 N–H and O–H groups in total. The van der Waals surface area contributed by atoms with E-state index in [2.05, 4.69) is 15.9 Å².